The summed E-state index contributed by atoms with van der Waals surface area (Å²) in [6, 6.07) is 8.12. The number of carbonyl (C=O) groups excluding carboxylic acids is 1. The van der Waals surface area contributed by atoms with Crippen LogP contribution in [0.15, 0.2) is 35.2 Å². The smallest absolute Gasteiger partial charge is 0.238 e. The van der Waals surface area contributed by atoms with Crippen molar-refractivity contribution in [2.45, 2.75) is 24.7 Å². The summed E-state index contributed by atoms with van der Waals surface area (Å²) < 4.78 is 39.1. The van der Waals surface area contributed by atoms with Crippen LogP contribution in [0.2, 0.25) is 0 Å². The molecule has 0 spiro atoms. The largest absolute Gasteiger partial charge is 0.493 e. The second kappa shape index (κ2) is 8.94. The fraction of sp³-hybridized carbons (Fsp3) is 0.316. The van der Waals surface area contributed by atoms with Gasteiger partial charge in [-0.05, 0) is 48.7 Å². The molecule has 3 N–H and O–H groups in total. The van der Waals surface area contributed by atoms with Crippen LogP contribution < -0.4 is 24.7 Å². The Labute approximate surface area is 164 Å². The van der Waals surface area contributed by atoms with Gasteiger partial charge < -0.3 is 19.5 Å². The van der Waals surface area contributed by atoms with Crippen molar-refractivity contribution in [1.29, 1.82) is 0 Å². The Hall–Kier alpha value is -2.78. The molecule has 0 unspecified atom stereocenters. The Bertz CT molecular complexity index is 947. The number of hydrogen-bond donors (Lipinski definition) is 2. The molecular formula is C19H24N2O6S. The number of aryl methyl sites for hydroxylation is 2. The summed E-state index contributed by atoms with van der Waals surface area (Å²) in [5, 5.41) is 7.88. The Morgan fingerprint density at radius 1 is 1.04 bits per heavy atom. The predicted molar refractivity (Wildman–Crippen MR) is 106 cm³/mol. The molecule has 2 aromatic carbocycles. The normalized spacial score (nSPS) is 11.0. The maximum absolute atomic E-state index is 12.3. The molecule has 0 bridgehead atoms. The van der Waals surface area contributed by atoms with Gasteiger partial charge in [-0.2, -0.15) is 0 Å². The molecule has 0 saturated carbocycles. The molecule has 0 heterocycles. The van der Waals surface area contributed by atoms with Gasteiger partial charge >= 0.3 is 0 Å². The molecule has 152 valence electrons. The van der Waals surface area contributed by atoms with E-state index in [1.807, 2.05) is 0 Å². The minimum absolute atomic E-state index is 0.0186. The zero-order valence-corrected chi connectivity index (χ0v) is 17.1. The lowest BCUT2D eigenvalue weighted by Gasteiger charge is -2.14. The van der Waals surface area contributed by atoms with Crippen molar-refractivity contribution in [3.63, 3.8) is 0 Å². The van der Waals surface area contributed by atoms with Gasteiger partial charge in [0.2, 0.25) is 21.7 Å². The van der Waals surface area contributed by atoms with Gasteiger partial charge in [-0.1, -0.05) is 6.07 Å². The second-order valence-corrected chi connectivity index (χ2v) is 7.64. The maximum Gasteiger partial charge on any atom is 0.238 e. The van der Waals surface area contributed by atoms with Gasteiger partial charge in [-0.3, -0.25) is 4.79 Å². The van der Waals surface area contributed by atoms with Gasteiger partial charge in [0, 0.05) is 12.1 Å². The van der Waals surface area contributed by atoms with Gasteiger partial charge in [0.1, 0.15) is 0 Å². The highest BCUT2D eigenvalue weighted by Gasteiger charge is 2.15. The number of hydrogen-bond acceptors (Lipinski definition) is 6. The van der Waals surface area contributed by atoms with E-state index in [0.717, 1.165) is 5.56 Å². The average Bonchev–Trinajstić information content (AvgIpc) is 2.65. The van der Waals surface area contributed by atoms with Crippen LogP contribution in [0, 0.1) is 6.92 Å². The summed E-state index contributed by atoms with van der Waals surface area (Å²) in [6.07, 6.45) is 0.605. The van der Waals surface area contributed by atoms with Crippen molar-refractivity contribution in [3.8, 4) is 17.2 Å². The van der Waals surface area contributed by atoms with Crippen LogP contribution in [-0.4, -0.2) is 35.7 Å². The molecule has 8 nitrogen and oxygen atoms in total. The van der Waals surface area contributed by atoms with E-state index >= 15 is 0 Å². The molecule has 0 aromatic heterocycles. The topological polar surface area (TPSA) is 117 Å². The van der Waals surface area contributed by atoms with Crippen molar-refractivity contribution in [2.75, 3.05) is 26.6 Å². The van der Waals surface area contributed by atoms with Crippen LogP contribution >= 0.6 is 0 Å². The molecule has 2 rings (SSSR count). The molecule has 2 aromatic rings. The summed E-state index contributed by atoms with van der Waals surface area (Å²) in [7, 11) is 0.703. The highest BCUT2D eigenvalue weighted by Crippen LogP contribution is 2.38. The van der Waals surface area contributed by atoms with Crippen LogP contribution in [-0.2, 0) is 21.2 Å². The van der Waals surface area contributed by atoms with Crippen molar-refractivity contribution >= 4 is 21.6 Å². The summed E-state index contributed by atoms with van der Waals surface area (Å²) in [4.78, 5) is 12.3. The second-order valence-electron chi connectivity index (χ2n) is 6.11. The number of anilines is 1. The Balaban J connectivity index is 2.11. The summed E-state index contributed by atoms with van der Waals surface area (Å²) in [5.74, 6) is 1.23. The standard InChI is InChI=1S/C19H24N2O6S/c1-12-5-7-14(11-17(12)28(20,23)24)21-18(22)8-6-13-9-15(25-2)19(27-4)16(10-13)26-3/h5,7,9-11H,6,8H2,1-4H3,(H,21,22)(H2,20,23,24). The number of nitrogens with one attached hydrogen (secondary N) is 1. The third-order valence-electron chi connectivity index (χ3n) is 4.14. The molecule has 0 saturated heterocycles. The molecule has 0 aliphatic rings. The van der Waals surface area contributed by atoms with Crippen molar-refractivity contribution in [1.82, 2.24) is 0 Å². The van der Waals surface area contributed by atoms with Crippen molar-refractivity contribution < 1.29 is 27.4 Å². The minimum atomic E-state index is -3.86. The Morgan fingerprint density at radius 3 is 2.14 bits per heavy atom. The van der Waals surface area contributed by atoms with E-state index in [1.165, 1.54) is 27.4 Å². The molecule has 0 atom stereocenters. The SMILES string of the molecule is COc1cc(CCC(=O)Nc2ccc(C)c(S(N)(=O)=O)c2)cc(OC)c1OC. The first-order valence-electron chi connectivity index (χ1n) is 8.41. The maximum atomic E-state index is 12.3. The van der Waals surface area contributed by atoms with Crippen LogP contribution in [0.3, 0.4) is 0 Å². The summed E-state index contributed by atoms with van der Waals surface area (Å²) in [6.45, 7) is 1.63. The number of amides is 1. The van der Waals surface area contributed by atoms with E-state index in [2.05, 4.69) is 5.32 Å². The molecule has 0 radical (unpaired) electrons. The molecule has 9 heteroatoms. The zero-order chi connectivity index (χ0) is 20.9. The number of carbonyl (C=O) groups is 1. The number of primary sulfonamides is 1. The predicted octanol–water partition coefficient (Wildman–Crippen LogP) is 2.24. The van der Waals surface area contributed by atoms with Gasteiger partial charge in [0.05, 0.1) is 26.2 Å². The van der Waals surface area contributed by atoms with E-state index < -0.39 is 10.0 Å². The molecule has 1 amide bonds. The molecular weight excluding hydrogens is 384 g/mol. The lowest BCUT2D eigenvalue weighted by molar-refractivity contribution is -0.116. The summed E-state index contributed by atoms with van der Waals surface area (Å²) >= 11 is 0. The van der Waals surface area contributed by atoms with E-state index in [0.29, 0.717) is 34.9 Å². The van der Waals surface area contributed by atoms with Gasteiger partial charge in [0.15, 0.2) is 11.5 Å². The highest BCUT2D eigenvalue weighted by molar-refractivity contribution is 7.89. The quantitative estimate of drug-likeness (QED) is 0.692. The van der Waals surface area contributed by atoms with E-state index in [1.54, 1.807) is 31.2 Å². The first kappa shape index (κ1) is 21.5. The van der Waals surface area contributed by atoms with E-state index in [9.17, 15) is 13.2 Å². The molecule has 0 aliphatic heterocycles. The van der Waals surface area contributed by atoms with Crippen molar-refractivity contribution in [3.05, 3.63) is 41.5 Å². The lowest BCUT2D eigenvalue weighted by atomic mass is 10.1. The average molecular weight is 408 g/mol. The summed E-state index contributed by atoms with van der Waals surface area (Å²) in [5.41, 5.74) is 1.71. The Kier molecular flexibility index (Phi) is 6.87. The van der Waals surface area contributed by atoms with E-state index in [-0.39, 0.29) is 17.2 Å². The number of methoxy groups -OCH3 is 3. The van der Waals surface area contributed by atoms with Crippen molar-refractivity contribution in [2.24, 2.45) is 5.14 Å². The van der Waals surface area contributed by atoms with Crippen LogP contribution in [0.5, 0.6) is 17.2 Å². The fourth-order valence-corrected chi connectivity index (χ4v) is 3.55. The Morgan fingerprint density at radius 2 is 1.64 bits per heavy atom. The van der Waals surface area contributed by atoms with Crippen LogP contribution in [0.4, 0.5) is 5.69 Å². The zero-order valence-electron chi connectivity index (χ0n) is 16.2. The fourth-order valence-electron chi connectivity index (χ4n) is 2.75. The number of sulfonamides is 1. The first-order valence-corrected chi connectivity index (χ1v) is 9.96. The minimum Gasteiger partial charge on any atom is -0.493 e. The number of benzene rings is 2. The first-order chi connectivity index (χ1) is 13.2. The molecule has 0 aliphatic carbocycles. The van der Waals surface area contributed by atoms with Gasteiger partial charge in [-0.25, -0.2) is 13.6 Å². The molecule has 0 fully saturated rings. The monoisotopic (exact) mass is 408 g/mol. The van der Waals surface area contributed by atoms with Crippen LogP contribution in [0.1, 0.15) is 17.5 Å². The number of ether oxygens (including phenoxy) is 3. The third kappa shape index (κ3) is 5.14. The molecule has 28 heavy (non-hydrogen) atoms. The number of nitrogens with two attached hydrogens (primary N) is 1. The number of rotatable bonds is 8. The lowest BCUT2D eigenvalue weighted by Crippen LogP contribution is -2.16. The highest BCUT2D eigenvalue weighted by atomic mass is 32.2. The van der Waals surface area contributed by atoms with Gasteiger partial charge in [-0.15, -0.1) is 0 Å². The third-order valence-corrected chi connectivity index (χ3v) is 5.20. The van der Waals surface area contributed by atoms with E-state index in [4.69, 9.17) is 19.3 Å². The van der Waals surface area contributed by atoms with Crippen LogP contribution in [0.25, 0.3) is 0 Å². The van der Waals surface area contributed by atoms with Gasteiger partial charge in [0.25, 0.3) is 0 Å².